The average Bonchev–Trinajstić information content (AvgIpc) is 2.16. The summed E-state index contributed by atoms with van der Waals surface area (Å²) in [6, 6.07) is 1.46. The van der Waals surface area contributed by atoms with Crippen LogP contribution in [0.5, 0.6) is 0 Å². The molecule has 0 atom stereocenters. The molecule has 1 heterocycles. The first-order valence-electron chi connectivity index (χ1n) is 3.50. The number of nitriles is 1. The zero-order valence-electron chi connectivity index (χ0n) is 6.95. The lowest BCUT2D eigenvalue weighted by Gasteiger charge is -2.04. The molecule has 0 spiro atoms. The standard InChI is InChI=1S/C7H2F2IN3O2/c8-6(9)4-5(13(14)15)3(1-11)2-12-7(4)10/h2,6H. The third-order valence-electron chi connectivity index (χ3n) is 1.56. The van der Waals surface area contributed by atoms with Crippen molar-refractivity contribution in [3.8, 4) is 6.07 Å². The van der Waals surface area contributed by atoms with E-state index in [0.717, 1.165) is 6.20 Å². The summed E-state index contributed by atoms with van der Waals surface area (Å²) in [5.74, 6) is 0. The van der Waals surface area contributed by atoms with Crippen molar-refractivity contribution in [3.05, 3.63) is 31.1 Å². The molecule has 0 amide bonds. The van der Waals surface area contributed by atoms with Gasteiger partial charge in [-0.3, -0.25) is 10.1 Å². The number of alkyl halides is 2. The second-order valence-electron chi connectivity index (χ2n) is 2.39. The van der Waals surface area contributed by atoms with E-state index in [2.05, 4.69) is 4.98 Å². The molecule has 0 aliphatic rings. The van der Waals surface area contributed by atoms with E-state index < -0.39 is 28.2 Å². The normalized spacial score (nSPS) is 10.1. The zero-order chi connectivity index (χ0) is 11.6. The number of pyridine rings is 1. The van der Waals surface area contributed by atoms with E-state index in [-0.39, 0.29) is 3.70 Å². The molecule has 0 N–H and O–H groups in total. The molecule has 1 aromatic heterocycles. The fourth-order valence-electron chi connectivity index (χ4n) is 0.967. The molecule has 0 radical (unpaired) electrons. The molecule has 78 valence electrons. The number of halogens is 3. The van der Waals surface area contributed by atoms with Gasteiger partial charge in [-0.05, 0) is 22.6 Å². The lowest BCUT2D eigenvalue weighted by molar-refractivity contribution is -0.386. The highest BCUT2D eigenvalue weighted by atomic mass is 127. The second-order valence-corrected chi connectivity index (χ2v) is 3.42. The van der Waals surface area contributed by atoms with Gasteiger partial charge in [0.1, 0.15) is 20.9 Å². The lowest BCUT2D eigenvalue weighted by atomic mass is 10.1. The lowest BCUT2D eigenvalue weighted by Crippen LogP contribution is -2.03. The van der Waals surface area contributed by atoms with Crippen molar-refractivity contribution < 1.29 is 13.7 Å². The molecule has 0 saturated heterocycles. The van der Waals surface area contributed by atoms with Gasteiger partial charge in [-0.2, -0.15) is 5.26 Å². The Morgan fingerprint density at radius 3 is 2.67 bits per heavy atom. The van der Waals surface area contributed by atoms with Crippen LogP contribution in [0.1, 0.15) is 17.6 Å². The Morgan fingerprint density at radius 2 is 2.27 bits per heavy atom. The van der Waals surface area contributed by atoms with Crippen LogP contribution in [0.4, 0.5) is 14.5 Å². The highest BCUT2D eigenvalue weighted by Crippen LogP contribution is 2.33. The number of hydrogen-bond acceptors (Lipinski definition) is 4. The van der Waals surface area contributed by atoms with Crippen LogP contribution in [-0.4, -0.2) is 9.91 Å². The van der Waals surface area contributed by atoms with Crippen LogP contribution in [0.15, 0.2) is 6.20 Å². The molecule has 0 aliphatic heterocycles. The molecule has 0 saturated carbocycles. The molecule has 8 heteroatoms. The maximum atomic E-state index is 12.5. The van der Waals surface area contributed by atoms with Crippen LogP contribution in [0.3, 0.4) is 0 Å². The third-order valence-corrected chi connectivity index (χ3v) is 2.42. The molecule has 0 bridgehead atoms. The molecule has 1 aromatic rings. The van der Waals surface area contributed by atoms with Gasteiger partial charge in [0.25, 0.3) is 12.1 Å². The van der Waals surface area contributed by atoms with Crippen LogP contribution < -0.4 is 0 Å². The van der Waals surface area contributed by atoms with Crippen LogP contribution in [0, 0.1) is 25.1 Å². The van der Waals surface area contributed by atoms with Crippen molar-refractivity contribution in [1.29, 1.82) is 5.26 Å². The summed E-state index contributed by atoms with van der Waals surface area (Å²) in [5.41, 5.74) is -2.14. The predicted molar refractivity (Wildman–Crippen MR) is 53.3 cm³/mol. The summed E-state index contributed by atoms with van der Waals surface area (Å²) in [7, 11) is 0. The van der Waals surface area contributed by atoms with Crippen LogP contribution in [-0.2, 0) is 0 Å². The fraction of sp³-hybridized carbons (Fsp3) is 0.143. The summed E-state index contributed by atoms with van der Waals surface area (Å²) in [5, 5.41) is 19.1. The minimum absolute atomic E-state index is 0.173. The Bertz CT molecular complexity index is 458. The van der Waals surface area contributed by atoms with Gasteiger partial charge >= 0.3 is 0 Å². The Kier molecular flexibility index (Phi) is 3.46. The maximum Gasteiger partial charge on any atom is 0.300 e. The van der Waals surface area contributed by atoms with E-state index in [1.165, 1.54) is 28.7 Å². The molecule has 1 rings (SSSR count). The minimum atomic E-state index is -3.03. The van der Waals surface area contributed by atoms with Gasteiger partial charge in [0.15, 0.2) is 0 Å². The maximum absolute atomic E-state index is 12.5. The molecular formula is C7H2F2IN3O2. The molecule has 0 aromatic carbocycles. The fourth-order valence-corrected chi connectivity index (χ4v) is 1.60. The molecule has 5 nitrogen and oxygen atoms in total. The van der Waals surface area contributed by atoms with Gasteiger partial charge in [-0.25, -0.2) is 13.8 Å². The quantitative estimate of drug-likeness (QED) is 0.362. The van der Waals surface area contributed by atoms with Crippen LogP contribution in [0.2, 0.25) is 0 Å². The first-order valence-corrected chi connectivity index (χ1v) is 4.58. The van der Waals surface area contributed by atoms with Gasteiger partial charge in [0, 0.05) is 0 Å². The van der Waals surface area contributed by atoms with Crippen molar-refractivity contribution in [2.24, 2.45) is 0 Å². The zero-order valence-corrected chi connectivity index (χ0v) is 9.10. The van der Waals surface area contributed by atoms with Crippen molar-refractivity contribution in [2.45, 2.75) is 6.43 Å². The Balaban J connectivity index is 3.60. The third kappa shape index (κ3) is 2.17. The molecule has 0 aliphatic carbocycles. The van der Waals surface area contributed by atoms with Crippen LogP contribution in [0.25, 0.3) is 0 Å². The van der Waals surface area contributed by atoms with E-state index in [1.807, 2.05) is 0 Å². The van der Waals surface area contributed by atoms with Gasteiger partial charge < -0.3 is 0 Å². The Labute approximate surface area is 96.0 Å². The van der Waals surface area contributed by atoms with Gasteiger partial charge in [0.2, 0.25) is 0 Å². The van der Waals surface area contributed by atoms with Crippen molar-refractivity contribution >= 4 is 28.3 Å². The average molecular weight is 325 g/mol. The summed E-state index contributed by atoms with van der Waals surface area (Å²) >= 11 is 1.46. The monoisotopic (exact) mass is 325 g/mol. The number of nitrogens with zero attached hydrogens (tertiary/aromatic N) is 3. The second kappa shape index (κ2) is 4.43. The van der Waals surface area contributed by atoms with Gasteiger partial charge in [0.05, 0.1) is 11.1 Å². The molecule has 0 unspecified atom stereocenters. The molecule has 0 fully saturated rings. The molecule has 15 heavy (non-hydrogen) atoms. The molecular weight excluding hydrogens is 323 g/mol. The van der Waals surface area contributed by atoms with E-state index in [1.54, 1.807) is 0 Å². The van der Waals surface area contributed by atoms with E-state index >= 15 is 0 Å². The summed E-state index contributed by atoms with van der Waals surface area (Å²) in [4.78, 5) is 13.0. The minimum Gasteiger partial charge on any atom is -0.258 e. The predicted octanol–water partition coefficient (Wildman–Crippen LogP) is 2.40. The SMILES string of the molecule is N#Cc1cnc(I)c(C(F)F)c1[N+](=O)[O-]. The summed E-state index contributed by atoms with van der Waals surface area (Å²) in [6.07, 6.45) is -2.12. The first kappa shape index (κ1) is 11.7. The van der Waals surface area contributed by atoms with Crippen molar-refractivity contribution in [1.82, 2.24) is 4.98 Å². The van der Waals surface area contributed by atoms with E-state index in [9.17, 15) is 18.9 Å². The Hall–Kier alpha value is -1.37. The number of nitro groups is 1. The van der Waals surface area contributed by atoms with Crippen molar-refractivity contribution in [2.75, 3.05) is 0 Å². The van der Waals surface area contributed by atoms with E-state index in [0.29, 0.717) is 0 Å². The highest BCUT2D eigenvalue weighted by molar-refractivity contribution is 14.1. The van der Waals surface area contributed by atoms with Crippen molar-refractivity contribution in [3.63, 3.8) is 0 Å². The highest BCUT2D eigenvalue weighted by Gasteiger charge is 2.29. The summed E-state index contributed by atoms with van der Waals surface area (Å²) in [6.45, 7) is 0. The largest absolute Gasteiger partial charge is 0.300 e. The van der Waals surface area contributed by atoms with Crippen LogP contribution >= 0.6 is 22.6 Å². The number of hydrogen-bond donors (Lipinski definition) is 0. The summed E-state index contributed by atoms with van der Waals surface area (Å²) < 4.78 is 24.8. The van der Waals surface area contributed by atoms with Gasteiger partial charge in [-0.1, -0.05) is 0 Å². The number of aromatic nitrogens is 1. The number of rotatable bonds is 2. The topological polar surface area (TPSA) is 79.8 Å². The Morgan fingerprint density at radius 1 is 1.67 bits per heavy atom. The van der Waals surface area contributed by atoms with Gasteiger partial charge in [-0.15, -0.1) is 0 Å². The van der Waals surface area contributed by atoms with E-state index in [4.69, 9.17) is 5.26 Å². The first-order chi connectivity index (χ1) is 6.99. The smallest absolute Gasteiger partial charge is 0.258 e.